The second-order valence-electron chi connectivity index (χ2n) is 6.36. The number of ether oxygens (including phenoxy) is 1. The van der Waals surface area contributed by atoms with Crippen molar-refractivity contribution < 1.29 is 9.53 Å². The lowest BCUT2D eigenvalue weighted by molar-refractivity contribution is -0.123. The second kappa shape index (κ2) is 7.66. The van der Waals surface area contributed by atoms with E-state index in [2.05, 4.69) is 31.4 Å². The van der Waals surface area contributed by atoms with Crippen molar-refractivity contribution in [2.75, 3.05) is 26.2 Å². The number of benzene rings is 1. The Morgan fingerprint density at radius 2 is 2.00 bits per heavy atom. The molecule has 1 amide bonds. The normalized spacial score (nSPS) is 14.8. The zero-order valence-electron chi connectivity index (χ0n) is 12.9. The summed E-state index contributed by atoms with van der Waals surface area (Å²) in [5.41, 5.74) is 1.13. The number of carbonyl (C=O) groups excluding carboxylic acids is 1. The average molecular weight is 313 g/mol. The zero-order valence-corrected chi connectivity index (χ0v) is 13.8. The largest absolute Gasteiger partial charge is 0.483 e. The Kier molecular flexibility index (Phi) is 6.49. The molecule has 2 N–H and O–H groups in total. The predicted octanol–water partition coefficient (Wildman–Crippen LogP) is 2.12. The molecule has 21 heavy (non-hydrogen) atoms. The summed E-state index contributed by atoms with van der Waals surface area (Å²) in [5, 5.41) is 6.09. The Morgan fingerprint density at radius 3 is 2.57 bits per heavy atom. The maximum Gasteiger partial charge on any atom is 0.257 e. The van der Waals surface area contributed by atoms with Gasteiger partial charge >= 0.3 is 0 Å². The van der Waals surface area contributed by atoms with Crippen molar-refractivity contribution in [1.29, 1.82) is 0 Å². The van der Waals surface area contributed by atoms with Gasteiger partial charge in [0, 0.05) is 25.6 Å². The van der Waals surface area contributed by atoms with Gasteiger partial charge in [-0.25, -0.2) is 0 Å². The van der Waals surface area contributed by atoms with Crippen LogP contribution in [0.3, 0.4) is 0 Å². The molecule has 1 fully saturated rings. The highest BCUT2D eigenvalue weighted by Crippen LogP contribution is 2.30. The van der Waals surface area contributed by atoms with Crippen LogP contribution >= 0.6 is 12.4 Å². The van der Waals surface area contributed by atoms with Crippen molar-refractivity contribution in [1.82, 2.24) is 10.6 Å². The quantitative estimate of drug-likeness (QED) is 0.875. The molecule has 0 aromatic heterocycles. The van der Waals surface area contributed by atoms with E-state index in [0.29, 0.717) is 5.92 Å². The van der Waals surface area contributed by atoms with Gasteiger partial charge in [0.05, 0.1) is 0 Å². The number of nitrogens with one attached hydrogen (secondary N) is 2. The highest BCUT2D eigenvalue weighted by molar-refractivity contribution is 5.85. The van der Waals surface area contributed by atoms with Gasteiger partial charge in [-0.05, 0) is 17.0 Å². The molecule has 1 aliphatic rings. The number of rotatable bonds is 5. The summed E-state index contributed by atoms with van der Waals surface area (Å²) in [5.74, 6) is 1.31. The number of para-hydroxylation sites is 1. The summed E-state index contributed by atoms with van der Waals surface area (Å²) in [6.45, 7) is 9.21. The van der Waals surface area contributed by atoms with Gasteiger partial charge in [-0.1, -0.05) is 39.0 Å². The first-order valence-corrected chi connectivity index (χ1v) is 7.16. The highest BCUT2D eigenvalue weighted by atomic mass is 35.5. The standard InChI is InChI=1S/C16H24N2O2.ClH/c1-16(2,3)13-6-4-5-7-14(13)20-11-15(19)18-10-12-8-17-9-12;/h4-7,12,17H,8-11H2,1-3H3,(H,18,19);1H. The minimum absolute atomic E-state index is 0. The fourth-order valence-electron chi connectivity index (χ4n) is 2.16. The smallest absolute Gasteiger partial charge is 0.257 e. The molecule has 5 heteroatoms. The lowest BCUT2D eigenvalue weighted by Crippen LogP contribution is -2.48. The lowest BCUT2D eigenvalue weighted by Gasteiger charge is -2.27. The van der Waals surface area contributed by atoms with E-state index in [-0.39, 0.29) is 30.3 Å². The molecule has 1 aromatic rings. The fourth-order valence-corrected chi connectivity index (χ4v) is 2.16. The van der Waals surface area contributed by atoms with E-state index in [1.165, 1.54) is 0 Å². The fraction of sp³-hybridized carbons (Fsp3) is 0.562. The Balaban J connectivity index is 0.00000220. The molecule has 0 spiro atoms. The topological polar surface area (TPSA) is 50.4 Å². The van der Waals surface area contributed by atoms with Crippen LogP contribution in [0.2, 0.25) is 0 Å². The van der Waals surface area contributed by atoms with Gasteiger partial charge in [-0.2, -0.15) is 0 Å². The van der Waals surface area contributed by atoms with Crippen LogP contribution in [-0.4, -0.2) is 32.1 Å². The maximum absolute atomic E-state index is 11.8. The first kappa shape index (κ1) is 17.8. The van der Waals surface area contributed by atoms with Crippen LogP contribution in [0.5, 0.6) is 5.75 Å². The predicted molar refractivity (Wildman–Crippen MR) is 87.3 cm³/mol. The Bertz CT molecular complexity index is 468. The summed E-state index contributed by atoms with van der Waals surface area (Å²) in [4.78, 5) is 11.8. The number of carbonyl (C=O) groups is 1. The van der Waals surface area contributed by atoms with Crippen LogP contribution in [0.4, 0.5) is 0 Å². The monoisotopic (exact) mass is 312 g/mol. The average Bonchev–Trinajstić information content (AvgIpc) is 2.34. The molecule has 2 rings (SSSR count). The molecule has 0 saturated carbocycles. The number of halogens is 1. The van der Waals surface area contributed by atoms with Crippen molar-refractivity contribution >= 4 is 18.3 Å². The van der Waals surface area contributed by atoms with Crippen molar-refractivity contribution in [3.63, 3.8) is 0 Å². The SMILES string of the molecule is CC(C)(C)c1ccccc1OCC(=O)NCC1CNC1.Cl. The van der Waals surface area contributed by atoms with Gasteiger partial charge < -0.3 is 15.4 Å². The summed E-state index contributed by atoms with van der Waals surface area (Å²) >= 11 is 0. The van der Waals surface area contributed by atoms with E-state index >= 15 is 0 Å². The molecule has 1 heterocycles. The van der Waals surface area contributed by atoms with Crippen molar-refractivity contribution in [2.45, 2.75) is 26.2 Å². The van der Waals surface area contributed by atoms with Gasteiger partial charge in [0.1, 0.15) is 5.75 Å². The van der Waals surface area contributed by atoms with E-state index < -0.39 is 0 Å². The van der Waals surface area contributed by atoms with Crippen LogP contribution in [0.25, 0.3) is 0 Å². The lowest BCUT2D eigenvalue weighted by atomic mass is 9.86. The van der Waals surface area contributed by atoms with Gasteiger partial charge in [0.15, 0.2) is 6.61 Å². The Labute approximate surface area is 133 Å². The summed E-state index contributed by atoms with van der Waals surface area (Å²) in [6, 6.07) is 7.90. The first-order valence-electron chi connectivity index (χ1n) is 7.16. The molecular weight excluding hydrogens is 288 g/mol. The highest BCUT2D eigenvalue weighted by Gasteiger charge is 2.20. The molecule has 0 atom stereocenters. The van der Waals surface area contributed by atoms with Gasteiger partial charge in [-0.15, -0.1) is 12.4 Å². The molecule has 1 aliphatic heterocycles. The number of hydrogen-bond donors (Lipinski definition) is 2. The minimum Gasteiger partial charge on any atom is -0.483 e. The first-order chi connectivity index (χ1) is 9.47. The van der Waals surface area contributed by atoms with Crippen LogP contribution in [0, 0.1) is 5.92 Å². The van der Waals surface area contributed by atoms with Gasteiger partial charge in [-0.3, -0.25) is 4.79 Å². The zero-order chi connectivity index (χ0) is 14.6. The summed E-state index contributed by atoms with van der Waals surface area (Å²) in [6.07, 6.45) is 0. The Morgan fingerprint density at radius 1 is 1.33 bits per heavy atom. The van der Waals surface area contributed by atoms with Crippen LogP contribution in [0.15, 0.2) is 24.3 Å². The number of hydrogen-bond acceptors (Lipinski definition) is 3. The van der Waals surface area contributed by atoms with Crippen LogP contribution < -0.4 is 15.4 Å². The van der Waals surface area contributed by atoms with E-state index in [1.807, 2.05) is 24.3 Å². The second-order valence-corrected chi connectivity index (χ2v) is 6.36. The molecule has 118 valence electrons. The molecule has 1 saturated heterocycles. The van der Waals surface area contributed by atoms with Gasteiger partial charge in [0.25, 0.3) is 5.91 Å². The number of amides is 1. The van der Waals surface area contributed by atoms with Crippen LogP contribution in [0.1, 0.15) is 26.3 Å². The van der Waals surface area contributed by atoms with Crippen molar-refractivity contribution in [3.05, 3.63) is 29.8 Å². The molecule has 0 bridgehead atoms. The van der Waals surface area contributed by atoms with E-state index in [0.717, 1.165) is 30.9 Å². The van der Waals surface area contributed by atoms with E-state index in [4.69, 9.17) is 4.74 Å². The minimum atomic E-state index is -0.0550. The third-order valence-electron chi connectivity index (χ3n) is 3.51. The molecule has 0 radical (unpaired) electrons. The molecule has 4 nitrogen and oxygen atoms in total. The molecule has 0 aliphatic carbocycles. The van der Waals surface area contributed by atoms with Crippen molar-refractivity contribution in [2.24, 2.45) is 5.92 Å². The maximum atomic E-state index is 11.8. The summed E-state index contributed by atoms with van der Waals surface area (Å²) < 4.78 is 5.68. The third-order valence-corrected chi connectivity index (χ3v) is 3.51. The third kappa shape index (κ3) is 5.21. The van der Waals surface area contributed by atoms with E-state index in [9.17, 15) is 4.79 Å². The Hall–Kier alpha value is -1.26. The van der Waals surface area contributed by atoms with Gasteiger partial charge in [0.2, 0.25) is 0 Å². The molecule has 1 aromatic carbocycles. The van der Waals surface area contributed by atoms with E-state index in [1.54, 1.807) is 0 Å². The van der Waals surface area contributed by atoms with Crippen molar-refractivity contribution in [3.8, 4) is 5.75 Å². The van der Waals surface area contributed by atoms with Crippen LogP contribution in [-0.2, 0) is 10.2 Å². The summed E-state index contributed by atoms with van der Waals surface area (Å²) in [7, 11) is 0. The molecular formula is C16H25ClN2O2. The molecule has 0 unspecified atom stereocenters.